The molecule has 0 heterocycles. The van der Waals surface area contributed by atoms with Crippen LogP contribution in [0.2, 0.25) is 0 Å². The maximum absolute atomic E-state index is 12.1. The second-order valence-electron chi connectivity index (χ2n) is 6.54. The number of carbonyl (C=O) groups is 2. The smallest absolute Gasteiger partial charge is 0.275 e. The highest BCUT2D eigenvalue weighted by Gasteiger charge is 2.25. The summed E-state index contributed by atoms with van der Waals surface area (Å²) in [6, 6.07) is 8.65. The van der Waals surface area contributed by atoms with Crippen LogP contribution in [0.25, 0.3) is 0 Å². The van der Waals surface area contributed by atoms with Crippen molar-refractivity contribution >= 4 is 11.8 Å². The molecule has 1 unspecified atom stereocenters. The van der Waals surface area contributed by atoms with Gasteiger partial charge < -0.3 is 15.5 Å². The second kappa shape index (κ2) is 8.11. The molecular weight excluding hydrogens is 290 g/mol. The van der Waals surface area contributed by atoms with Crippen LogP contribution >= 0.6 is 0 Å². The lowest BCUT2D eigenvalue weighted by Gasteiger charge is -2.17. The number of hydrogen-bond acceptors (Lipinski definition) is 2. The summed E-state index contributed by atoms with van der Waals surface area (Å²) in [5.74, 6) is -0.00482. The molecule has 1 saturated carbocycles. The number of benzene rings is 1. The highest BCUT2D eigenvalue weighted by molar-refractivity contribution is 5.79. The van der Waals surface area contributed by atoms with Crippen LogP contribution in [0, 0.1) is 0 Å². The Morgan fingerprint density at radius 1 is 1.17 bits per heavy atom. The first-order chi connectivity index (χ1) is 11.0. The van der Waals surface area contributed by atoms with E-state index in [2.05, 4.69) is 41.8 Å². The van der Waals surface area contributed by atoms with Crippen molar-refractivity contribution in [2.45, 2.75) is 45.2 Å². The summed E-state index contributed by atoms with van der Waals surface area (Å²) < 4.78 is 0. The molecule has 2 amide bonds. The van der Waals surface area contributed by atoms with E-state index in [0.717, 1.165) is 29.7 Å². The molecular formula is C18H28N3O2+. The topological polar surface area (TPSA) is 62.6 Å². The monoisotopic (exact) mass is 318 g/mol. The Labute approximate surface area is 138 Å². The molecule has 3 N–H and O–H groups in total. The predicted octanol–water partition coefficient (Wildman–Crippen LogP) is 0.220. The number of likely N-dealkylation sites (N-methyl/N-ethyl adjacent to an activating group) is 1. The SMILES string of the molecule is CCc1ccc([C@H](C)NC(=O)C[NH+](C)CC(=O)NC2CC2)cc1. The van der Waals surface area contributed by atoms with E-state index < -0.39 is 0 Å². The summed E-state index contributed by atoms with van der Waals surface area (Å²) in [6.45, 7) is 4.74. The van der Waals surface area contributed by atoms with Gasteiger partial charge >= 0.3 is 0 Å². The lowest BCUT2D eigenvalue weighted by molar-refractivity contribution is -0.862. The van der Waals surface area contributed by atoms with Crippen LogP contribution < -0.4 is 15.5 Å². The molecule has 126 valence electrons. The molecule has 2 rings (SSSR count). The van der Waals surface area contributed by atoms with Gasteiger partial charge in [-0.25, -0.2) is 0 Å². The van der Waals surface area contributed by atoms with Gasteiger partial charge in [-0.1, -0.05) is 31.2 Å². The first kappa shape index (κ1) is 17.5. The number of hydrogen-bond donors (Lipinski definition) is 3. The number of nitrogens with one attached hydrogen (secondary N) is 3. The molecule has 1 aliphatic carbocycles. The minimum atomic E-state index is -0.0335. The van der Waals surface area contributed by atoms with Crippen LogP contribution in [0.15, 0.2) is 24.3 Å². The molecule has 1 aliphatic rings. The van der Waals surface area contributed by atoms with Crippen LogP contribution in [-0.4, -0.2) is 38.0 Å². The van der Waals surface area contributed by atoms with E-state index in [1.807, 2.05) is 14.0 Å². The zero-order valence-corrected chi connectivity index (χ0v) is 14.3. The molecule has 5 nitrogen and oxygen atoms in total. The van der Waals surface area contributed by atoms with Crippen LogP contribution in [0.5, 0.6) is 0 Å². The number of amides is 2. The van der Waals surface area contributed by atoms with Crippen molar-refractivity contribution < 1.29 is 14.5 Å². The summed E-state index contributed by atoms with van der Waals surface area (Å²) in [6.07, 6.45) is 3.18. The van der Waals surface area contributed by atoms with Gasteiger partial charge in [0.1, 0.15) is 0 Å². The fourth-order valence-electron chi connectivity index (χ4n) is 2.53. The highest BCUT2D eigenvalue weighted by Crippen LogP contribution is 2.18. The third-order valence-corrected chi connectivity index (χ3v) is 4.13. The molecule has 0 radical (unpaired) electrons. The van der Waals surface area contributed by atoms with Crippen LogP contribution in [-0.2, 0) is 16.0 Å². The summed E-state index contributed by atoms with van der Waals surface area (Å²) in [5.41, 5.74) is 2.39. The lowest BCUT2D eigenvalue weighted by atomic mass is 10.1. The van der Waals surface area contributed by atoms with Gasteiger partial charge in [0, 0.05) is 6.04 Å². The van der Waals surface area contributed by atoms with Crippen molar-refractivity contribution in [2.24, 2.45) is 0 Å². The number of quaternary nitrogens is 1. The molecule has 0 aliphatic heterocycles. The van der Waals surface area contributed by atoms with E-state index in [0.29, 0.717) is 19.1 Å². The van der Waals surface area contributed by atoms with Crippen molar-refractivity contribution in [3.63, 3.8) is 0 Å². The van der Waals surface area contributed by atoms with Gasteiger partial charge in [0.25, 0.3) is 11.8 Å². The van der Waals surface area contributed by atoms with Crippen molar-refractivity contribution in [1.29, 1.82) is 0 Å². The molecule has 0 aromatic heterocycles. The average molecular weight is 318 g/mol. The van der Waals surface area contributed by atoms with Crippen molar-refractivity contribution in [3.05, 3.63) is 35.4 Å². The average Bonchev–Trinajstić information content (AvgIpc) is 3.30. The molecule has 1 aromatic rings. The van der Waals surface area contributed by atoms with E-state index in [-0.39, 0.29) is 17.9 Å². The van der Waals surface area contributed by atoms with Gasteiger partial charge in [-0.05, 0) is 37.3 Å². The summed E-state index contributed by atoms with van der Waals surface area (Å²) in [4.78, 5) is 24.7. The summed E-state index contributed by atoms with van der Waals surface area (Å²) in [5, 5.41) is 5.94. The maximum atomic E-state index is 12.1. The Kier molecular flexibility index (Phi) is 6.16. The van der Waals surface area contributed by atoms with E-state index in [9.17, 15) is 9.59 Å². The summed E-state index contributed by atoms with van der Waals surface area (Å²) in [7, 11) is 1.87. The Hall–Kier alpha value is -1.88. The predicted molar refractivity (Wildman–Crippen MR) is 90.2 cm³/mol. The van der Waals surface area contributed by atoms with Crippen LogP contribution in [0.1, 0.15) is 43.9 Å². The Morgan fingerprint density at radius 2 is 1.78 bits per heavy atom. The molecule has 1 aromatic carbocycles. The summed E-state index contributed by atoms with van der Waals surface area (Å²) >= 11 is 0. The van der Waals surface area contributed by atoms with Gasteiger partial charge in [-0.2, -0.15) is 0 Å². The third kappa shape index (κ3) is 6.02. The Bertz CT molecular complexity index is 538. The Morgan fingerprint density at radius 3 is 2.35 bits per heavy atom. The first-order valence-corrected chi connectivity index (χ1v) is 8.46. The molecule has 0 saturated heterocycles. The zero-order valence-electron chi connectivity index (χ0n) is 14.3. The van der Waals surface area contributed by atoms with Gasteiger partial charge in [-0.15, -0.1) is 0 Å². The van der Waals surface area contributed by atoms with E-state index >= 15 is 0 Å². The van der Waals surface area contributed by atoms with Crippen molar-refractivity contribution in [2.75, 3.05) is 20.1 Å². The minimum absolute atomic E-state index is 0.0264. The number of carbonyl (C=O) groups excluding carboxylic acids is 2. The van der Waals surface area contributed by atoms with Crippen LogP contribution in [0.4, 0.5) is 0 Å². The molecule has 0 spiro atoms. The second-order valence-corrected chi connectivity index (χ2v) is 6.54. The van der Waals surface area contributed by atoms with E-state index in [4.69, 9.17) is 0 Å². The Balaban J connectivity index is 1.74. The van der Waals surface area contributed by atoms with Gasteiger partial charge in [-0.3, -0.25) is 9.59 Å². The maximum Gasteiger partial charge on any atom is 0.275 e. The van der Waals surface area contributed by atoms with Gasteiger partial charge in [0.05, 0.1) is 13.1 Å². The normalized spacial score (nSPS) is 16.5. The fourth-order valence-corrected chi connectivity index (χ4v) is 2.53. The molecule has 23 heavy (non-hydrogen) atoms. The standard InChI is InChI=1S/C18H27N3O2/c1-4-14-5-7-15(8-6-14)13(2)19-17(22)11-21(3)12-18(23)20-16-9-10-16/h5-8,13,16H,4,9-12H2,1-3H3,(H,19,22)(H,20,23)/p+1/t13-/m0/s1. The first-order valence-electron chi connectivity index (χ1n) is 8.46. The lowest BCUT2D eigenvalue weighted by Crippen LogP contribution is -3.11. The highest BCUT2D eigenvalue weighted by atomic mass is 16.2. The molecule has 1 fully saturated rings. The number of rotatable bonds is 8. The minimum Gasteiger partial charge on any atom is -0.348 e. The van der Waals surface area contributed by atoms with Crippen molar-refractivity contribution in [3.8, 4) is 0 Å². The quantitative estimate of drug-likeness (QED) is 0.642. The molecule has 2 atom stereocenters. The van der Waals surface area contributed by atoms with Gasteiger partial charge in [0.15, 0.2) is 13.1 Å². The molecule has 5 heteroatoms. The van der Waals surface area contributed by atoms with E-state index in [1.54, 1.807) is 0 Å². The number of aryl methyl sites for hydroxylation is 1. The van der Waals surface area contributed by atoms with Crippen molar-refractivity contribution in [1.82, 2.24) is 10.6 Å². The van der Waals surface area contributed by atoms with Crippen LogP contribution in [0.3, 0.4) is 0 Å². The largest absolute Gasteiger partial charge is 0.348 e. The molecule has 0 bridgehead atoms. The third-order valence-electron chi connectivity index (χ3n) is 4.13. The fraction of sp³-hybridized carbons (Fsp3) is 0.556. The van der Waals surface area contributed by atoms with E-state index in [1.165, 1.54) is 5.56 Å². The van der Waals surface area contributed by atoms with Gasteiger partial charge in [0.2, 0.25) is 0 Å². The zero-order chi connectivity index (χ0) is 16.8.